The molecule has 0 aliphatic heterocycles. The summed E-state index contributed by atoms with van der Waals surface area (Å²) in [5, 5.41) is 3.26. The van der Waals surface area contributed by atoms with Crippen molar-refractivity contribution in [1.82, 2.24) is 4.98 Å². The number of thiazole rings is 1. The van der Waals surface area contributed by atoms with Crippen LogP contribution in [0.5, 0.6) is 5.75 Å². The maximum atomic E-state index is 13.5. The number of hydrogen-bond acceptors (Lipinski definition) is 5. The molecule has 7 heteroatoms. The smallest absolute Gasteiger partial charge is 0.236 e. The van der Waals surface area contributed by atoms with E-state index in [0.717, 1.165) is 27.7 Å². The second-order valence-electron chi connectivity index (χ2n) is 4.62. The average molecular weight is 348 g/mol. The van der Waals surface area contributed by atoms with E-state index in [1.807, 2.05) is 18.2 Å². The first-order chi connectivity index (χ1) is 11.2. The molecule has 1 aromatic heterocycles. The normalized spacial score (nSPS) is 10.7. The highest BCUT2D eigenvalue weighted by atomic mass is 32.2. The van der Waals surface area contributed by atoms with E-state index in [1.54, 1.807) is 25.3 Å². The topological polar surface area (TPSA) is 51.2 Å². The summed E-state index contributed by atoms with van der Waals surface area (Å²) >= 11 is 2.53. The number of halogens is 1. The van der Waals surface area contributed by atoms with E-state index in [2.05, 4.69) is 10.3 Å². The standard InChI is InChI=1S/C16H13FN2O2S2/c1-21-10-6-7-12-14(8-10)23-16(18-12)19-15(20)9-22-13-5-3-2-4-11(13)17/h2-8H,9H2,1H3,(H,18,19,20). The third-order valence-corrected chi connectivity index (χ3v) is 5.02. The van der Waals surface area contributed by atoms with Gasteiger partial charge in [0.05, 0.1) is 23.1 Å². The van der Waals surface area contributed by atoms with Crippen LogP contribution in [0.1, 0.15) is 0 Å². The molecule has 1 heterocycles. The number of aromatic nitrogens is 1. The Morgan fingerprint density at radius 2 is 2.17 bits per heavy atom. The van der Waals surface area contributed by atoms with Crippen molar-refractivity contribution >= 4 is 44.4 Å². The molecule has 0 radical (unpaired) electrons. The third kappa shape index (κ3) is 3.80. The molecule has 1 N–H and O–H groups in total. The monoisotopic (exact) mass is 348 g/mol. The molecule has 4 nitrogen and oxygen atoms in total. The number of benzene rings is 2. The number of thioether (sulfide) groups is 1. The van der Waals surface area contributed by atoms with Gasteiger partial charge in [0.1, 0.15) is 11.6 Å². The Labute approximate surface area is 140 Å². The molecule has 0 aliphatic rings. The number of nitrogens with zero attached hydrogens (tertiary/aromatic N) is 1. The molecule has 0 saturated carbocycles. The minimum atomic E-state index is -0.322. The number of carbonyl (C=O) groups is 1. The summed E-state index contributed by atoms with van der Waals surface area (Å²) in [6.07, 6.45) is 0. The maximum Gasteiger partial charge on any atom is 0.236 e. The van der Waals surface area contributed by atoms with E-state index in [0.29, 0.717) is 10.0 Å². The first kappa shape index (κ1) is 15.8. The SMILES string of the molecule is COc1ccc2nc(NC(=O)CSc3ccccc3F)sc2c1. The molecule has 0 spiro atoms. The van der Waals surface area contributed by atoms with Gasteiger partial charge in [-0.15, -0.1) is 11.8 Å². The van der Waals surface area contributed by atoms with Gasteiger partial charge < -0.3 is 10.1 Å². The van der Waals surface area contributed by atoms with Crippen molar-refractivity contribution in [3.05, 3.63) is 48.3 Å². The van der Waals surface area contributed by atoms with E-state index >= 15 is 0 Å². The fourth-order valence-corrected chi connectivity index (χ4v) is 3.60. The number of anilines is 1. The molecule has 0 aliphatic carbocycles. The van der Waals surface area contributed by atoms with Gasteiger partial charge in [0, 0.05) is 4.90 Å². The van der Waals surface area contributed by atoms with Crippen LogP contribution in [0.2, 0.25) is 0 Å². The lowest BCUT2D eigenvalue weighted by atomic mass is 10.3. The Balaban J connectivity index is 1.64. The largest absolute Gasteiger partial charge is 0.497 e. The molecule has 3 rings (SSSR count). The van der Waals surface area contributed by atoms with Crippen molar-refractivity contribution < 1.29 is 13.9 Å². The van der Waals surface area contributed by atoms with Crippen LogP contribution in [0.15, 0.2) is 47.4 Å². The Morgan fingerprint density at radius 1 is 1.35 bits per heavy atom. The number of ether oxygens (including phenoxy) is 1. The van der Waals surface area contributed by atoms with E-state index in [4.69, 9.17) is 4.74 Å². The fraction of sp³-hybridized carbons (Fsp3) is 0.125. The number of nitrogens with one attached hydrogen (secondary N) is 1. The molecular formula is C16H13FN2O2S2. The minimum Gasteiger partial charge on any atom is -0.497 e. The third-order valence-electron chi connectivity index (χ3n) is 3.04. The van der Waals surface area contributed by atoms with Crippen LogP contribution >= 0.6 is 23.1 Å². The Kier molecular flexibility index (Phi) is 4.78. The van der Waals surface area contributed by atoms with E-state index in [1.165, 1.54) is 17.4 Å². The lowest BCUT2D eigenvalue weighted by molar-refractivity contribution is -0.113. The summed E-state index contributed by atoms with van der Waals surface area (Å²) in [7, 11) is 1.60. The summed E-state index contributed by atoms with van der Waals surface area (Å²) in [6.45, 7) is 0. The van der Waals surface area contributed by atoms with E-state index < -0.39 is 0 Å². The molecule has 2 aromatic carbocycles. The molecule has 0 saturated heterocycles. The maximum absolute atomic E-state index is 13.5. The molecule has 3 aromatic rings. The summed E-state index contributed by atoms with van der Waals surface area (Å²) < 4.78 is 19.6. The van der Waals surface area contributed by atoms with Crippen molar-refractivity contribution in [1.29, 1.82) is 0 Å². The van der Waals surface area contributed by atoms with Gasteiger partial charge >= 0.3 is 0 Å². The highest BCUT2D eigenvalue weighted by Gasteiger charge is 2.10. The molecule has 118 valence electrons. The van der Waals surface area contributed by atoms with Crippen LogP contribution in [0.4, 0.5) is 9.52 Å². The van der Waals surface area contributed by atoms with Gasteiger partial charge in [0.15, 0.2) is 5.13 Å². The zero-order valence-electron chi connectivity index (χ0n) is 12.2. The first-order valence-electron chi connectivity index (χ1n) is 6.77. The fourth-order valence-electron chi connectivity index (χ4n) is 1.95. The van der Waals surface area contributed by atoms with Crippen molar-refractivity contribution in [3.8, 4) is 5.75 Å². The van der Waals surface area contributed by atoms with Crippen LogP contribution in [0, 0.1) is 5.82 Å². The number of hydrogen-bond donors (Lipinski definition) is 1. The predicted octanol–water partition coefficient (Wildman–Crippen LogP) is 4.17. The number of methoxy groups -OCH3 is 1. The summed E-state index contributed by atoms with van der Waals surface area (Å²) in [4.78, 5) is 16.8. The van der Waals surface area contributed by atoms with Crippen molar-refractivity contribution in [3.63, 3.8) is 0 Å². The summed E-state index contributed by atoms with van der Waals surface area (Å²) in [5.41, 5.74) is 0.799. The Hall–Kier alpha value is -2.12. The van der Waals surface area contributed by atoms with Gasteiger partial charge in [-0.25, -0.2) is 9.37 Å². The van der Waals surface area contributed by atoms with Gasteiger partial charge in [-0.3, -0.25) is 4.79 Å². The van der Waals surface area contributed by atoms with Crippen molar-refractivity contribution in [2.75, 3.05) is 18.2 Å². The van der Waals surface area contributed by atoms with Gasteiger partial charge in [0.25, 0.3) is 0 Å². The van der Waals surface area contributed by atoms with Gasteiger partial charge in [-0.05, 0) is 30.3 Å². The van der Waals surface area contributed by atoms with Crippen molar-refractivity contribution in [2.24, 2.45) is 0 Å². The highest BCUT2D eigenvalue weighted by molar-refractivity contribution is 8.00. The van der Waals surface area contributed by atoms with Crippen LogP contribution in [0.3, 0.4) is 0 Å². The number of amides is 1. The van der Waals surface area contributed by atoms with Crippen LogP contribution in [0.25, 0.3) is 10.2 Å². The Morgan fingerprint density at radius 3 is 2.96 bits per heavy atom. The van der Waals surface area contributed by atoms with Crippen molar-refractivity contribution in [2.45, 2.75) is 4.90 Å². The zero-order chi connectivity index (χ0) is 16.2. The quantitative estimate of drug-likeness (QED) is 0.703. The number of rotatable bonds is 5. The van der Waals surface area contributed by atoms with Gasteiger partial charge in [0.2, 0.25) is 5.91 Å². The highest BCUT2D eigenvalue weighted by Crippen LogP contribution is 2.29. The molecule has 0 fully saturated rings. The van der Waals surface area contributed by atoms with Crippen LogP contribution in [-0.2, 0) is 4.79 Å². The van der Waals surface area contributed by atoms with Gasteiger partial charge in [-0.2, -0.15) is 0 Å². The molecule has 1 amide bonds. The second kappa shape index (κ2) is 6.97. The van der Waals surface area contributed by atoms with E-state index in [9.17, 15) is 9.18 Å². The Bertz CT molecular complexity index is 851. The lowest BCUT2D eigenvalue weighted by Crippen LogP contribution is -2.13. The minimum absolute atomic E-state index is 0.125. The molecule has 0 unspecified atom stereocenters. The van der Waals surface area contributed by atoms with Crippen LogP contribution in [-0.4, -0.2) is 23.8 Å². The number of carbonyl (C=O) groups excluding carboxylic acids is 1. The first-order valence-corrected chi connectivity index (χ1v) is 8.57. The predicted molar refractivity (Wildman–Crippen MR) is 91.9 cm³/mol. The average Bonchev–Trinajstić information content (AvgIpc) is 2.95. The molecule has 0 bridgehead atoms. The zero-order valence-corrected chi connectivity index (χ0v) is 13.8. The molecular weight excluding hydrogens is 335 g/mol. The van der Waals surface area contributed by atoms with Gasteiger partial charge in [-0.1, -0.05) is 23.5 Å². The lowest BCUT2D eigenvalue weighted by Gasteiger charge is -2.02. The number of fused-ring (bicyclic) bond motifs is 1. The molecule has 23 heavy (non-hydrogen) atoms. The second-order valence-corrected chi connectivity index (χ2v) is 6.67. The van der Waals surface area contributed by atoms with E-state index in [-0.39, 0.29) is 17.5 Å². The molecule has 0 atom stereocenters. The summed E-state index contributed by atoms with van der Waals surface area (Å²) in [5.74, 6) is 0.330. The summed E-state index contributed by atoms with van der Waals surface area (Å²) in [6, 6.07) is 11.9. The van der Waals surface area contributed by atoms with Crippen LogP contribution < -0.4 is 10.1 Å².